The van der Waals surface area contributed by atoms with Crippen molar-refractivity contribution in [3.63, 3.8) is 0 Å². The van der Waals surface area contributed by atoms with Gasteiger partial charge < -0.3 is 14.2 Å². The summed E-state index contributed by atoms with van der Waals surface area (Å²) < 4.78 is 18.0. The van der Waals surface area contributed by atoms with Crippen molar-refractivity contribution < 1.29 is 28.6 Å². The van der Waals surface area contributed by atoms with Gasteiger partial charge in [0.05, 0.1) is 11.1 Å². The first-order valence-electron chi connectivity index (χ1n) is 16.5. The van der Waals surface area contributed by atoms with Crippen molar-refractivity contribution in [1.82, 2.24) is 0 Å². The predicted molar refractivity (Wildman–Crippen MR) is 188 cm³/mol. The van der Waals surface area contributed by atoms with Crippen molar-refractivity contribution >= 4 is 17.7 Å². The molecule has 5 rings (SSSR count). The average Bonchev–Trinajstić information content (AvgIpc) is 3.12. The molecule has 5 aromatic carbocycles. The fourth-order valence-electron chi connectivity index (χ4n) is 5.58. The van der Waals surface area contributed by atoms with Gasteiger partial charge in [-0.1, -0.05) is 87.9 Å². The average molecular weight is 641 g/mol. The molecule has 6 nitrogen and oxygen atoms in total. The smallest absolute Gasteiger partial charge is 0.343 e. The monoisotopic (exact) mass is 640 g/mol. The molecule has 0 aliphatic rings. The van der Waals surface area contributed by atoms with E-state index < -0.39 is 18.0 Å². The molecule has 0 radical (unpaired) electrons. The predicted octanol–water partition coefficient (Wildman–Crippen LogP) is 10.0. The SMILES string of the molecule is CCCc1cc(C(=O)CC)ccc1-c1cc(OC(C)c2ccc(OC(=O)c3ccccc3)c(OC(=O)c3ccccc3)c2)ccc1CC. The minimum absolute atomic E-state index is 0.106. The van der Waals surface area contributed by atoms with Crippen molar-refractivity contribution in [1.29, 1.82) is 0 Å². The van der Waals surface area contributed by atoms with Crippen molar-refractivity contribution in [2.75, 3.05) is 0 Å². The molecular formula is C42H40O6. The van der Waals surface area contributed by atoms with E-state index in [2.05, 4.69) is 32.0 Å². The van der Waals surface area contributed by atoms with E-state index in [4.69, 9.17) is 14.2 Å². The highest BCUT2D eigenvalue weighted by molar-refractivity contribution is 5.97. The highest BCUT2D eigenvalue weighted by Crippen LogP contribution is 2.36. The van der Waals surface area contributed by atoms with Crippen LogP contribution in [0.25, 0.3) is 11.1 Å². The number of rotatable bonds is 13. The van der Waals surface area contributed by atoms with Crippen molar-refractivity contribution in [3.05, 3.63) is 149 Å². The number of aryl methyl sites for hydroxylation is 2. The molecule has 0 spiro atoms. The molecular weight excluding hydrogens is 600 g/mol. The molecule has 0 N–H and O–H groups in total. The number of hydrogen-bond acceptors (Lipinski definition) is 6. The first kappa shape index (κ1) is 33.9. The van der Waals surface area contributed by atoms with Crippen LogP contribution in [0.4, 0.5) is 0 Å². The zero-order valence-corrected chi connectivity index (χ0v) is 27.8. The van der Waals surface area contributed by atoms with Crippen LogP contribution in [0.2, 0.25) is 0 Å². The Hall–Kier alpha value is -5.49. The molecule has 0 heterocycles. The fourth-order valence-corrected chi connectivity index (χ4v) is 5.58. The standard InChI is InChI=1S/C42H40O6/c1-5-14-33-25-34(38(43)7-3)20-23-36(33)37-27-35(22-19-29(37)6-2)46-28(4)32-21-24-39(47-41(44)30-15-10-8-11-16-30)40(26-32)48-42(45)31-17-12-9-13-18-31/h8-13,15-28H,5-7,14H2,1-4H3. The third-order valence-corrected chi connectivity index (χ3v) is 8.19. The number of ether oxygens (including phenoxy) is 3. The highest BCUT2D eigenvalue weighted by atomic mass is 16.6. The van der Waals surface area contributed by atoms with Crippen molar-refractivity contribution in [2.24, 2.45) is 0 Å². The molecule has 0 saturated carbocycles. The Morgan fingerprint density at radius 1 is 0.604 bits per heavy atom. The molecule has 244 valence electrons. The Kier molecular flexibility index (Phi) is 11.2. The third-order valence-electron chi connectivity index (χ3n) is 8.19. The van der Waals surface area contributed by atoms with Crippen molar-refractivity contribution in [3.8, 4) is 28.4 Å². The van der Waals surface area contributed by atoms with E-state index in [0.29, 0.717) is 23.3 Å². The van der Waals surface area contributed by atoms with Gasteiger partial charge in [-0.15, -0.1) is 0 Å². The Morgan fingerprint density at radius 2 is 1.25 bits per heavy atom. The summed E-state index contributed by atoms with van der Waals surface area (Å²) in [6.45, 7) is 8.06. The third kappa shape index (κ3) is 8.07. The number of carbonyl (C=O) groups is 3. The van der Waals surface area contributed by atoms with Gasteiger partial charge >= 0.3 is 11.9 Å². The summed E-state index contributed by atoms with van der Waals surface area (Å²) in [6.07, 6.45) is 2.68. The van der Waals surface area contributed by atoms with E-state index in [1.54, 1.807) is 66.7 Å². The first-order valence-corrected chi connectivity index (χ1v) is 16.5. The van der Waals surface area contributed by atoms with Gasteiger partial charge in [0, 0.05) is 12.0 Å². The Morgan fingerprint density at radius 3 is 1.85 bits per heavy atom. The summed E-state index contributed by atoms with van der Waals surface area (Å²) in [6, 6.07) is 34.4. The first-order chi connectivity index (χ1) is 23.3. The van der Waals surface area contributed by atoms with E-state index in [1.165, 1.54) is 5.56 Å². The van der Waals surface area contributed by atoms with E-state index in [-0.39, 0.29) is 17.3 Å². The lowest BCUT2D eigenvalue weighted by Gasteiger charge is -2.20. The van der Waals surface area contributed by atoms with Crippen LogP contribution in [0, 0.1) is 0 Å². The Labute approximate surface area is 282 Å². The van der Waals surface area contributed by atoms with Crippen LogP contribution >= 0.6 is 0 Å². The maximum Gasteiger partial charge on any atom is 0.343 e. The van der Waals surface area contributed by atoms with Crippen LogP contribution in [-0.2, 0) is 12.8 Å². The normalized spacial score (nSPS) is 11.4. The van der Waals surface area contributed by atoms with E-state index in [9.17, 15) is 14.4 Å². The molecule has 0 aromatic heterocycles. The molecule has 0 saturated heterocycles. The van der Waals surface area contributed by atoms with Crippen molar-refractivity contribution in [2.45, 2.75) is 59.5 Å². The van der Waals surface area contributed by atoms with Gasteiger partial charge in [-0.2, -0.15) is 0 Å². The molecule has 1 atom stereocenters. The van der Waals surface area contributed by atoms with Gasteiger partial charge in [-0.25, -0.2) is 9.59 Å². The number of ketones is 1. The van der Waals surface area contributed by atoms with Crippen LogP contribution in [0.5, 0.6) is 17.2 Å². The lowest BCUT2D eigenvalue weighted by Crippen LogP contribution is -2.13. The zero-order valence-electron chi connectivity index (χ0n) is 27.8. The molecule has 0 bridgehead atoms. The molecule has 5 aromatic rings. The minimum Gasteiger partial charge on any atom is -0.486 e. The van der Waals surface area contributed by atoms with Crippen LogP contribution in [0.15, 0.2) is 115 Å². The second kappa shape index (κ2) is 15.9. The highest BCUT2D eigenvalue weighted by Gasteiger charge is 2.20. The molecule has 0 fully saturated rings. The van der Waals surface area contributed by atoms with Gasteiger partial charge in [0.25, 0.3) is 0 Å². The number of esters is 2. The lowest BCUT2D eigenvalue weighted by molar-refractivity contribution is 0.0682. The van der Waals surface area contributed by atoms with Crippen LogP contribution in [-0.4, -0.2) is 17.7 Å². The Balaban J connectivity index is 1.45. The summed E-state index contributed by atoms with van der Waals surface area (Å²) in [5, 5.41) is 0. The number of carbonyl (C=O) groups excluding carboxylic acids is 3. The van der Waals surface area contributed by atoms with E-state index in [1.807, 2.05) is 44.2 Å². The molecule has 1 unspecified atom stereocenters. The van der Waals surface area contributed by atoms with Crippen LogP contribution < -0.4 is 14.2 Å². The lowest BCUT2D eigenvalue weighted by atomic mass is 9.90. The number of hydrogen-bond donors (Lipinski definition) is 0. The Bertz CT molecular complexity index is 1900. The quantitative estimate of drug-likeness (QED) is 0.0724. The summed E-state index contributed by atoms with van der Waals surface area (Å²) >= 11 is 0. The summed E-state index contributed by atoms with van der Waals surface area (Å²) in [5.41, 5.74) is 6.69. The molecule has 0 aliphatic heterocycles. The van der Waals surface area contributed by atoms with E-state index >= 15 is 0 Å². The number of Topliss-reactive ketones (excluding diaryl/α,β-unsaturated/α-hetero) is 1. The largest absolute Gasteiger partial charge is 0.486 e. The van der Waals surface area contributed by atoms with Gasteiger partial charge in [0.1, 0.15) is 11.9 Å². The summed E-state index contributed by atoms with van der Waals surface area (Å²) in [4.78, 5) is 38.4. The van der Waals surface area contributed by atoms with Gasteiger partial charge in [0.2, 0.25) is 0 Å². The minimum atomic E-state index is -0.576. The summed E-state index contributed by atoms with van der Waals surface area (Å²) in [5.74, 6) is -0.111. The second-order valence-corrected chi connectivity index (χ2v) is 11.5. The zero-order chi connectivity index (χ0) is 34.0. The van der Waals surface area contributed by atoms with E-state index in [0.717, 1.165) is 47.1 Å². The van der Waals surface area contributed by atoms with Crippen LogP contribution in [0.3, 0.4) is 0 Å². The maximum atomic E-state index is 13.1. The summed E-state index contributed by atoms with van der Waals surface area (Å²) in [7, 11) is 0. The van der Waals surface area contributed by atoms with Crippen LogP contribution in [0.1, 0.15) is 94.4 Å². The molecule has 0 amide bonds. The van der Waals surface area contributed by atoms with Gasteiger partial charge in [0.15, 0.2) is 17.3 Å². The molecule has 0 aliphatic carbocycles. The van der Waals surface area contributed by atoms with Gasteiger partial charge in [-0.05, 0) is 102 Å². The molecule has 6 heteroatoms. The topological polar surface area (TPSA) is 78.9 Å². The number of benzene rings is 5. The molecule has 48 heavy (non-hydrogen) atoms. The maximum absolute atomic E-state index is 13.1. The second-order valence-electron chi connectivity index (χ2n) is 11.5. The fraction of sp³-hybridized carbons (Fsp3) is 0.214. The van der Waals surface area contributed by atoms with Gasteiger partial charge in [-0.3, -0.25) is 4.79 Å².